The molecule has 0 saturated carbocycles. The lowest BCUT2D eigenvalue weighted by Crippen LogP contribution is -2.40. The Labute approximate surface area is 121 Å². The first-order valence-electron chi connectivity index (χ1n) is 6.90. The number of carbonyl (C=O) groups is 1. The molecule has 0 aliphatic carbocycles. The number of nitrogens with zero attached hydrogens (tertiary/aromatic N) is 1. The second-order valence-electron chi connectivity index (χ2n) is 5.15. The van der Waals surface area contributed by atoms with Crippen LogP contribution in [0.5, 0.6) is 0 Å². The van der Waals surface area contributed by atoms with Crippen molar-refractivity contribution in [2.45, 2.75) is 25.9 Å². The molecule has 0 spiro atoms. The van der Waals surface area contributed by atoms with Crippen molar-refractivity contribution in [3.05, 3.63) is 35.9 Å². The standard InChI is InChI=1S/C15H25N3O2/c1-12(2)20-10-9-18(3)11-14(15(19)17-16)13-7-5-4-6-8-13/h4-8,12,14H,9-11,16H2,1-3H3,(H,17,19). The first-order valence-corrected chi connectivity index (χ1v) is 6.90. The van der Waals surface area contributed by atoms with Gasteiger partial charge in [-0.05, 0) is 26.5 Å². The van der Waals surface area contributed by atoms with Crippen LogP contribution >= 0.6 is 0 Å². The van der Waals surface area contributed by atoms with Crippen molar-refractivity contribution in [1.82, 2.24) is 10.3 Å². The fourth-order valence-electron chi connectivity index (χ4n) is 1.97. The van der Waals surface area contributed by atoms with Gasteiger partial charge in [0, 0.05) is 13.1 Å². The topological polar surface area (TPSA) is 67.6 Å². The number of benzene rings is 1. The van der Waals surface area contributed by atoms with Gasteiger partial charge >= 0.3 is 0 Å². The number of carbonyl (C=O) groups excluding carboxylic acids is 1. The highest BCUT2D eigenvalue weighted by Gasteiger charge is 2.21. The number of nitrogens with two attached hydrogens (primary N) is 1. The molecule has 0 aliphatic heterocycles. The molecular weight excluding hydrogens is 254 g/mol. The van der Waals surface area contributed by atoms with Crippen LogP contribution in [0.15, 0.2) is 30.3 Å². The van der Waals surface area contributed by atoms with Gasteiger partial charge in [-0.25, -0.2) is 5.84 Å². The van der Waals surface area contributed by atoms with Crippen LogP contribution in [0.1, 0.15) is 25.3 Å². The van der Waals surface area contributed by atoms with Crippen LogP contribution < -0.4 is 11.3 Å². The smallest absolute Gasteiger partial charge is 0.242 e. The number of likely N-dealkylation sites (N-methyl/N-ethyl adjacent to an activating group) is 1. The molecule has 0 aliphatic rings. The predicted octanol–water partition coefficient (Wildman–Crippen LogP) is 1.12. The number of nitrogens with one attached hydrogen (secondary N) is 1. The van der Waals surface area contributed by atoms with E-state index < -0.39 is 0 Å². The fourth-order valence-corrected chi connectivity index (χ4v) is 1.97. The summed E-state index contributed by atoms with van der Waals surface area (Å²) in [5.74, 6) is 4.84. The van der Waals surface area contributed by atoms with Gasteiger partial charge in [0.25, 0.3) is 0 Å². The molecule has 0 bridgehead atoms. The zero-order chi connectivity index (χ0) is 15.0. The Kier molecular flexibility index (Phi) is 7.22. The molecule has 0 heterocycles. The largest absolute Gasteiger partial charge is 0.377 e. The minimum absolute atomic E-state index is 0.173. The van der Waals surface area contributed by atoms with Crippen molar-refractivity contribution in [3.63, 3.8) is 0 Å². The van der Waals surface area contributed by atoms with Crippen LogP contribution in [0, 0.1) is 0 Å². The van der Waals surface area contributed by atoms with E-state index in [0.29, 0.717) is 13.2 Å². The summed E-state index contributed by atoms with van der Waals surface area (Å²) in [6.07, 6.45) is 0.223. The molecule has 0 aromatic heterocycles. The minimum atomic E-state index is -0.273. The molecule has 112 valence electrons. The Bertz CT molecular complexity index is 395. The summed E-state index contributed by atoms with van der Waals surface area (Å²) in [5, 5.41) is 0. The van der Waals surface area contributed by atoms with Gasteiger partial charge in [-0.2, -0.15) is 0 Å². The van der Waals surface area contributed by atoms with E-state index >= 15 is 0 Å². The van der Waals surface area contributed by atoms with Crippen LogP contribution in [-0.2, 0) is 9.53 Å². The van der Waals surface area contributed by atoms with Gasteiger partial charge in [0.1, 0.15) is 0 Å². The summed E-state index contributed by atoms with van der Waals surface area (Å²) in [6.45, 7) is 6.05. The lowest BCUT2D eigenvalue weighted by atomic mass is 9.98. The number of hydrazine groups is 1. The van der Waals surface area contributed by atoms with Crippen LogP contribution in [0.4, 0.5) is 0 Å². The molecule has 0 saturated heterocycles. The molecule has 1 atom stereocenters. The summed E-state index contributed by atoms with van der Waals surface area (Å²) in [5.41, 5.74) is 3.21. The third kappa shape index (κ3) is 5.69. The highest BCUT2D eigenvalue weighted by molar-refractivity contribution is 5.83. The Morgan fingerprint density at radius 2 is 2.00 bits per heavy atom. The lowest BCUT2D eigenvalue weighted by molar-refractivity contribution is -0.123. The number of ether oxygens (including phenoxy) is 1. The molecule has 1 amide bonds. The summed E-state index contributed by atoms with van der Waals surface area (Å²) in [7, 11) is 1.98. The Morgan fingerprint density at radius 3 is 2.55 bits per heavy atom. The van der Waals surface area contributed by atoms with E-state index in [4.69, 9.17) is 10.6 Å². The molecule has 1 rings (SSSR count). The first-order chi connectivity index (χ1) is 9.54. The van der Waals surface area contributed by atoms with Crippen molar-refractivity contribution in [2.24, 2.45) is 5.84 Å². The first kappa shape index (κ1) is 16.6. The second kappa shape index (κ2) is 8.68. The minimum Gasteiger partial charge on any atom is -0.377 e. The van der Waals surface area contributed by atoms with Gasteiger partial charge in [0.2, 0.25) is 5.91 Å². The second-order valence-corrected chi connectivity index (χ2v) is 5.15. The Balaban J connectivity index is 2.59. The Hall–Kier alpha value is -1.43. The fraction of sp³-hybridized carbons (Fsp3) is 0.533. The van der Waals surface area contributed by atoms with E-state index in [9.17, 15) is 4.79 Å². The van der Waals surface area contributed by atoms with E-state index in [-0.39, 0.29) is 17.9 Å². The van der Waals surface area contributed by atoms with Crippen molar-refractivity contribution < 1.29 is 9.53 Å². The molecule has 3 N–H and O–H groups in total. The van der Waals surface area contributed by atoms with Crippen LogP contribution in [0.3, 0.4) is 0 Å². The maximum Gasteiger partial charge on any atom is 0.242 e. The van der Waals surface area contributed by atoms with Crippen molar-refractivity contribution in [3.8, 4) is 0 Å². The number of hydrogen-bond acceptors (Lipinski definition) is 4. The summed E-state index contributed by atoms with van der Waals surface area (Å²) < 4.78 is 5.52. The molecule has 0 fully saturated rings. The van der Waals surface area contributed by atoms with Gasteiger partial charge in [-0.1, -0.05) is 30.3 Å². The van der Waals surface area contributed by atoms with E-state index in [0.717, 1.165) is 12.1 Å². The quantitative estimate of drug-likeness (QED) is 0.425. The molecule has 5 heteroatoms. The maximum atomic E-state index is 11.9. The molecular formula is C15H25N3O2. The van der Waals surface area contributed by atoms with E-state index in [2.05, 4.69) is 10.3 Å². The maximum absolute atomic E-state index is 11.9. The number of rotatable bonds is 8. The Morgan fingerprint density at radius 1 is 1.35 bits per heavy atom. The van der Waals surface area contributed by atoms with Gasteiger partial charge in [0.15, 0.2) is 0 Å². The lowest BCUT2D eigenvalue weighted by Gasteiger charge is -2.23. The van der Waals surface area contributed by atoms with Crippen molar-refractivity contribution in [1.29, 1.82) is 0 Å². The summed E-state index contributed by atoms with van der Waals surface area (Å²) >= 11 is 0. The molecule has 20 heavy (non-hydrogen) atoms. The normalized spacial score (nSPS) is 12.7. The van der Waals surface area contributed by atoms with Crippen molar-refractivity contribution >= 4 is 5.91 Å². The van der Waals surface area contributed by atoms with Gasteiger partial charge in [-0.3, -0.25) is 10.2 Å². The molecule has 0 radical (unpaired) electrons. The molecule has 5 nitrogen and oxygen atoms in total. The van der Waals surface area contributed by atoms with E-state index in [1.165, 1.54) is 0 Å². The zero-order valence-electron chi connectivity index (χ0n) is 12.5. The average Bonchev–Trinajstić information content (AvgIpc) is 2.44. The van der Waals surface area contributed by atoms with E-state index in [1.807, 2.05) is 51.2 Å². The average molecular weight is 279 g/mol. The number of amides is 1. The monoisotopic (exact) mass is 279 g/mol. The van der Waals surface area contributed by atoms with Gasteiger partial charge in [0.05, 0.1) is 18.6 Å². The SMILES string of the molecule is CC(C)OCCN(C)CC(C(=O)NN)c1ccccc1. The van der Waals surface area contributed by atoms with Gasteiger partial charge < -0.3 is 9.64 Å². The number of hydrogen-bond donors (Lipinski definition) is 2. The van der Waals surface area contributed by atoms with Crippen LogP contribution in [0.2, 0.25) is 0 Å². The van der Waals surface area contributed by atoms with Crippen molar-refractivity contribution in [2.75, 3.05) is 26.7 Å². The third-order valence-corrected chi connectivity index (χ3v) is 3.08. The van der Waals surface area contributed by atoms with Crippen LogP contribution in [0.25, 0.3) is 0 Å². The zero-order valence-corrected chi connectivity index (χ0v) is 12.5. The molecule has 1 aromatic rings. The summed E-state index contributed by atoms with van der Waals surface area (Å²) in [4.78, 5) is 14.0. The highest BCUT2D eigenvalue weighted by Crippen LogP contribution is 2.16. The van der Waals surface area contributed by atoms with Gasteiger partial charge in [-0.15, -0.1) is 0 Å². The summed E-state index contributed by atoms with van der Waals surface area (Å²) in [6, 6.07) is 9.67. The van der Waals surface area contributed by atoms with Crippen LogP contribution in [-0.4, -0.2) is 43.7 Å². The highest BCUT2D eigenvalue weighted by atomic mass is 16.5. The predicted molar refractivity (Wildman–Crippen MR) is 80.1 cm³/mol. The molecule has 1 aromatic carbocycles. The third-order valence-electron chi connectivity index (χ3n) is 3.08. The van der Waals surface area contributed by atoms with E-state index in [1.54, 1.807) is 0 Å². The molecule has 1 unspecified atom stereocenters.